The van der Waals surface area contributed by atoms with Crippen LogP contribution in [-0.4, -0.2) is 50.3 Å². The molecule has 0 spiro atoms. The number of hydrogen-bond acceptors (Lipinski definition) is 8. The van der Waals surface area contributed by atoms with Gasteiger partial charge in [-0.3, -0.25) is 15.3 Å². The maximum atomic E-state index is 6.49. The molecule has 0 amide bonds. The number of benzene rings is 2. The van der Waals surface area contributed by atoms with Crippen LogP contribution in [0.5, 0.6) is 5.75 Å². The Hall–Kier alpha value is -2.72. The van der Waals surface area contributed by atoms with Crippen molar-refractivity contribution in [1.29, 1.82) is 0 Å². The highest BCUT2D eigenvalue weighted by atomic mass is 35.5. The Bertz CT molecular complexity index is 990. The average molecular weight is 477 g/mol. The van der Waals surface area contributed by atoms with Crippen molar-refractivity contribution in [1.82, 2.24) is 4.90 Å². The van der Waals surface area contributed by atoms with Crippen LogP contribution < -0.4 is 31.7 Å². The summed E-state index contributed by atoms with van der Waals surface area (Å²) in [7, 11) is 3.16. The van der Waals surface area contributed by atoms with Crippen molar-refractivity contribution in [2.45, 2.75) is 6.92 Å². The number of anilines is 3. The highest BCUT2D eigenvalue weighted by Crippen LogP contribution is 2.31. The summed E-state index contributed by atoms with van der Waals surface area (Å²) in [4.78, 5) is 9.88. The third-order valence-electron chi connectivity index (χ3n) is 5.24. The van der Waals surface area contributed by atoms with Gasteiger partial charge in [0.2, 0.25) is 0 Å². The molecule has 0 atom stereocenters. The minimum absolute atomic E-state index is 0.537. The number of hydrogen-bond donors (Lipinski definition) is 3. The number of piperazine rings is 1. The van der Waals surface area contributed by atoms with Gasteiger partial charge in [0, 0.05) is 31.9 Å². The zero-order valence-corrected chi connectivity index (χ0v) is 20.0. The lowest BCUT2D eigenvalue weighted by Gasteiger charge is -2.39. The summed E-state index contributed by atoms with van der Waals surface area (Å²) in [6.45, 7) is 4.73. The number of hydrazine groups is 1. The smallest absolute Gasteiger partial charge is 0.143 e. The SMILES string of the molecule is CONc1ccc(N2CCN(C(=S)/C(=C(\C)N)N(N)c3ccccc3OC)CC2)c(Cl)c1. The lowest BCUT2D eigenvalue weighted by molar-refractivity contribution is 0.271. The molecule has 1 saturated heterocycles. The number of thiocarbonyl (C=S) groups is 1. The van der Waals surface area contributed by atoms with Crippen LogP contribution in [-0.2, 0) is 4.84 Å². The summed E-state index contributed by atoms with van der Waals surface area (Å²) in [6.07, 6.45) is 0. The molecular weight excluding hydrogens is 448 g/mol. The first kappa shape index (κ1) is 23.9. The van der Waals surface area contributed by atoms with Crippen LogP contribution in [0.4, 0.5) is 17.1 Å². The molecule has 0 aliphatic carbocycles. The van der Waals surface area contributed by atoms with E-state index in [0.29, 0.717) is 45.9 Å². The van der Waals surface area contributed by atoms with Crippen LogP contribution in [0.3, 0.4) is 0 Å². The fourth-order valence-electron chi connectivity index (χ4n) is 3.66. The highest BCUT2D eigenvalue weighted by Gasteiger charge is 2.26. The fraction of sp³-hybridized carbons (Fsp3) is 0.318. The van der Waals surface area contributed by atoms with Crippen LogP contribution in [0.25, 0.3) is 0 Å². The van der Waals surface area contributed by atoms with Crippen LogP contribution in [0.15, 0.2) is 53.9 Å². The highest BCUT2D eigenvalue weighted by molar-refractivity contribution is 7.80. The van der Waals surface area contributed by atoms with Gasteiger partial charge in [0.05, 0.1) is 36.3 Å². The van der Waals surface area contributed by atoms with E-state index in [2.05, 4.69) is 15.3 Å². The van der Waals surface area contributed by atoms with Gasteiger partial charge in [-0.25, -0.2) is 5.84 Å². The molecule has 5 N–H and O–H groups in total. The summed E-state index contributed by atoms with van der Waals surface area (Å²) < 4.78 is 5.45. The summed E-state index contributed by atoms with van der Waals surface area (Å²) >= 11 is 12.3. The van der Waals surface area contributed by atoms with E-state index in [-0.39, 0.29) is 0 Å². The summed E-state index contributed by atoms with van der Waals surface area (Å²) in [5.41, 5.74) is 12.6. The Labute approximate surface area is 199 Å². The van der Waals surface area contributed by atoms with E-state index < -0.39 is 0 Å². The summed E-state index contributed by atoms with van der Waals surface area (Å²) in [5.74, 6) is 7.10. The largest absolute Gasteiger partial charge is 0.495 e. The van der Waals surface area contributed by atoms with Gasteiger partial charge in [-0.05, 0) is 37.3 Å². The summed E-state index contributed by atoms with van der Waals surface area (Å²) in [5, 5.41) is 2.16. The van der Waals surface area contributed by atoms with Gasteiger partial charge >= 0.3 is 0 Å². The number of nitrogens with two attached hydrogens (primary N) is 2. The molecule has 0 unspecified atom stereocenters. The molecule has 0 radical (unpaired) electrons. The first-order valence-corrected chi connectivity index (χ1v) is 10.9. The number of nitrogens with zero attached hydrogens (tertiary/aromatic N) is 3. The third-order valence-corrected chi connectivity index (χ3v) is 5.99. The van der Waals surface area contributed by atoms with Gasteiger partial charge in [-0.15, -0.1) is 0 Å². The quantitative estimate of drug-likeness (QED) is 0.241. The molecule has 2 aromatic carbocycles. The lowest BCUT2D eigenvalue weighted by Crippen LogP contribution is -2.51. The van der Waals surface area contributed by atoms with E-state index >= 15 is 0 Å². The van der Waals surface area contributed by atoms with Gasteiger partial charge in [0.1, 0.15) is 16.4 Å². The number of para-hydroxylation sites is 2. The third kappa shape index (κ3) is 5.18. The van der Waals surface area contributed by atoms with E-state index in [0.717, 1.165) is 24.5 Å². The van der Waals surface area contributed by atoms with E-state index in [1.165, 1.54) is 5.01 Å². The molecular formula is C22H29ClN6O2S. The first-order valence-electron chi connectivity index (χ1n) is 10.1. The predicted molar refractivity (Wildman–Crippen MR) is 135 cm³/mol. The molecule has 1 fully saturated rings. The first-order chi connectivity index (χ1) is 15.4. The number of nitrogens with one attached hydrogen (secondary N) is 1. The molecule has 3 rings (SSSR count). The van der Waals surface area contributed by atoms with Gasteiger partial charge < -0.3 is 20.3 Å². The number of halogens is 1. The molecule has 1 aliphatic heterocycles. The minimum Gasteiger partial charge on any atom is -0.495 e. The summed E-state index contributed by atoms with van der Waals surface area (Å²) in [6, 6.07) is 13.2. The molecule has 0 aromatic heterocycles. The van der Waals surface area contributed by atoms with Gasteiger partial charge in [-0.1, -0.05) is 36.0 Å². The Morgan fingerprint density at radius 1 is 1.12 bits per heavy atom. The number of rotatable bonds is 7. The Morgan fingerprint density at radius 2 is 1.81 bits per heavy atom. The van der Waals surface area contributed by atoms with Crippen LogP contribution in [0, 0.1) is 0 Å². The van der Waals surface area contributed by atoms with Crippen LogP contribution in [0.1, 0.15) is 6.92 Å². The molecule has 1 aliphatic rings. The predicted octanol–water partition coefficient (Wildman–Crippen LogP) is 3.34. The zero-order chi connectivity index (χ0) is 23.3. The molecule has 10 heteroatoms. The number of ether oxygens (including phenoxy) is 1. The maximum absolute atomic E-state index is 6.49. The van der Waals surface area contributed by atoms with Crippen molar-refractivity contribution in [2.75, 3.05) is 55.8 Å². The van der Waals surface area contributed by atoms with Crippen molar-refractivity contribution in [3.8, 4) is 5.75 Å². The van der Waals surface area contributed by atoms with Crippen molar-refractivity contribution in [3.05, 3.63) is 58.9 Å². The molecule has 0 saturated carbocycles. The monoisotopic (exact) mass is 476 g/mol. The molecule has 1 heterocycles. The van der Waals surface area contributed by atoms with Crippen molar-refractivity contribution < 1.29 is 9.57 Å². The second kappa shape index (κ2) is 10.7. The van der Waals surface area contributed by atoms with Gasteiger partial charge in [0.25, 0.3) is 0 Å². The molecule has 8 nitrogen and oxygen atoms in total. The van der Waals surface area contributed by atoms with Crippen LogP contribution >= 0.6 is 23.8 Å². The second-order valence-corrected chi connectivity index (χ2v) is 8.12. The lowest BCUT2D eigenvalue weighted by atomic mass is 10.2. The molecule has 0 bridgehead atoms. The average Bonchev–Trinajstić information content (AvgIpc) is 2.79. The van der Waals surface area contributed by atoms with E-state index in [9.17, 15) is 0 Å². The normalized spacial score (nSPS) is 14.7. The minimum atomic E-state index is 0.537. The van der Waals surface area contributed by atoms with Gasteiger partial charge in [0.15, 0.2) is 0 Å². The second-order valence-electron chi connectivity index (χ2n) is 7.33. The van der Waals surface area contributed by atoms with E-state index in [1.807, 2.05) is 42.5 Å². The Morgan fingerprint density at radius 3 is 2.41 bits per heavy atom. The van der Waals surface area contributed by atoms with Crippen molar-refractivity contribution in [2.24, 2.45) is 11.6 Å². The number of allylic oxidation sites excluding steroid dienone is 1. The number of methoxy groups -OCH3 is 1. The topological polar surface area (TPSA) is 92.3 Å². The Balaban J connectivity index is 1.73. The molecule has 172 valence electrons. The zero-order valence-electron chi connectivity index (χ0n) is 18.5. The fourth-order valence-corrected chi connectivity index (χ4v) is 4.40. The van der Waals surface area contributed by atoms with Crippen molar-refractivity contribution in [3.63, 3.8) is 0 Å². The molecule has 2 aromatic rings. The molecule has 32 heavy (non-hydrogen) atoms. The van der Waals surface area contributed by atoms with E-state index in [1.54, 1.807) is 21.1 Å². The van der Waals surface area contributed by atoms with Gasteiger partial charge in [-0.2, -0.15) is 0 Å². The standard InChI is InChI=1S/C22H29ClN6O2S/c1-15(24)21(29(25)19-6-4-5-7-20(19)30-2)22(32)28-12-10-27(11-13-28)18-9-8-16(26-31-3)14-17(18)23/h4-9,14,26H,10-13,24-25H2,1-3H3/b21-15-. The van der Waals surface area contributed by atoms with Crippen molar-refractivity contribution >= 4 is 45.9 Å². The Kier molecular flexibility index (Phi) is 8.03. The maximum Gasteiger partial charge on any atom is 0.143 e. The van der Waals surface area contributed by atoms with Crippen LogP contribution in [0.2, 0.25) is 5.02 Å². The van der Waals surface area contributed by atoms with E-state index in [4.69, 9.17) is 45.0 Å².